The predicted molar refractivity (Wildman–Crippen MR) is 126 cm³/mol. The predicted octanol–water partition coefficient (Wildman–Crippen LogP) is 6.09. The van der Waals surface area contributed by atoms with Crippen LogP contribution in [0, 0.1) is 5.82 Å². The third kappa shape index (κ3) is 5.44. The largest absolute Gasteiger partial charge is 0.384 e. The van der Waals surface area contributed by atoms with E-state index in [0.717, 1.165) is 42.6 Å². The molecule has 1 heterocycles. The Balaban J connectivity index is 1.34. The second-order valence-corrected chi connectivity index (χ2v) is 8.97. The number of ketones is 1. The number of aliphatic hydroxyl groups is 1. The molecule has 3 nitrogen and oxygen atoms in total. The van der Waals surface area contributed by atoms with Crippen LogP contribution in [0.4, 0.5) is 4.39 Å². The van der Waals surface area contributed by atoms with Crippen molar-refractivity contribution in [2.75, 3.05) is 19.6 Å². The van der Waals surface area contributed by atoms with Crippen LogP contribution in [0.15, 0.2) is 72.8 Å². The van der Waals surface area contributed by atoms with Crippen LogP contribution in [-0.4, -0.2) is 35.4 Å². The summed E-state index contributed by atoms with van der Waals surface area (Å²) in [5, 5.41) is 12.1. The highest BCUT2D eigenvalue weighted by atomic mass is 35.5. The van der Waals surface area contributed by atoms with Crippen LogP contribution in [0.25, 0.3) is 11.1 Å². The number of carbonyl (C=O) groups excluding carboxylic acids is 1. The summed E-state index contributed by atoms with van der Waals surface area (Å²) in [7, 11) is 0. The minimum atomic E-state index is -0.891. The van der Waals surface area contributed by atoms with E-state index in [9.17, 15) is 14.3 Å². The van der Waals surface area contributed by atoms with Gasteiger partial charge in [0.15, 0.2) is 5.78 Å². The van der Waals surface area contributed by atoms with E-state index >= 15 is 0 Å². The number of carbonyl (C=O) groups is 1. The molecule has 1 atom stereocenters. The number of likely N-dealkylation sites (tertiary alicyclic amines) is 1. The van der Waals surface area contributed by atoms with Crippen LogP contribution in [-0.2, 0) is 5.60 Å². The standard InChI is InChI=1S/C27H27ClFNO2/c28-24-12-6-21(7-13-24)20-4-10-23(11-5-20)27(32)16-2-18-30(19-27)17-1-3-26(31)22-8-14-25(29)15-9-22/h4-15,32H,1-3,16-19H2. The van der Waals surface area contributed by atoms with Gasteiger partial charge in [-0.05, 0) is 85.4 Å². The number of piperidine rings is 1. The Bertz CT molecular complexity index is 1050. The fourth-order valence-corrected chi connectivity index (χ4v) is 4.53. The maximum Gasteiger partial charge on any atom is 0.162 e. The van der Waals surface area contributed by atoms with Gasteiger partial charge in [-0.3, -0.25) is 4.79 Å². The van der Waals surface area contributed by atoms with Crippen molar-refractivity contribution >= 4 is 17.4 Å². The number of benzene rings is 3. The molecule has 1 saturated heterocycles. The van der Waals surface area contributed by atoms with E-state index in [1.807, 2.05) is 48.5 Å². The molecule has 3 aromatic rings. The van der Waals surface area contributed by atoms with Crippen molar-refractivity contribution in [2.45, 2.75) is 31.3 Å². The van der Waals surface area contributed by atoms with Gasteiger partial charge in [-0.25, -0.2) is 4.39 Å². The maximum absolute atomic E-state index is 13.0. The first-order valence-corrected chi connectivity index (χ1v) is 11.4. The minimum Gasteiger partial charge on any atom is -0.384 e. The summed E-state index contributed by atoms with van der Waals surface area (Å²) in [6.07, 6.45) is 2.75. The second kappa shape index (κ2) is 9.95. The second-order valence-electron chi connectivity index (χ2n) is 8.53. The highest BCUT2D eigenvalue weighted by molar-refractivity contribution is 6.30. The van der Waals surface area contributed by atoms with Crippen molar-refractivity contribution < 1.29 is 14.3 Å². The van der Waals surface area contributed by atoms with Crippen LogP contribution in [0.2, 0.25) is 5.02 Å². The van der Waals surface area contributed by atoms with Gasteiger partial charge in [0.25, 0.3) is 0 Å². The molecule has 166 valence electrons. The molecule has 3 aromatic carbocycles. The zero-order valence-electron chi connectivity index (χ0n) is 17.9. The van der Waals surface area contributed by atoms with E-state index in [0.29, 0.717) is 30.0 Å². The Morgan fingerprint density at radius 1 is 0.969 bits per heavy atom. The van der Waals surface area contributed by atoms with E-state index in [1.54, 1.807) is 0 Å². The van der Waals surface area contributed by atoms with Crippen LogP contribution in [0.5, 0.6) is 0 Å². The molecular formula is C27H27ClFNO2. The Morgan fingerprint density at radius 3 is 2.25 bits per heavy atom. The van der Waals surface area contributed by atoms with Crippen molar-refractivity contribution in [2.24, 2.45) is 0 Å². The van der Waals surface area contributed by atoms with Gasteiger partial charge >= 0.3 is 0 Å². The van der Waals surface area contributed by atoms with Crippen LogP contribution < -0.4 is 0 Å². The van der Waals surface area contributed by atoms with Crippen molar-refractivity contribution in [3.8, 4) is 11.1 Å². The lowest BCUT2D eigenvalue weighted by molar-refractivity contribution is -0.0357. The molecule has 32 heavy (non-hydrogen) atoms. The monoisotopic (exact) mass is 451 g/mol. The molecule has 1 aliphatic heterocycles. The van der Waals surface area contributed by atoms with Crippen LogP contribution >= 0.6 is 11.6 Å². The molecule has 0 spiro atoms. The number of rotatable bonds is 7. The highest BCUT2D eigenvalue weighted by Gasteiger charge is 2.34. The SMILES string of the molecule is O=C(CCCN1CCCC(O)(c2ccc(-c3ccc(Cl)cc3)cc2)C1)c1ccc(F)cc1. The molecule has 1 aliphatic rings. The zero-order valence-corrected chi connectivity index (χ0v) is 18.7. The maximum atomic E-state index is 13.0. The van der Waals surface area contributed by atoms with Crippen molar-refractivity contribution in [3.63, 3.8) is 0 Å². The third-order valence-corrected chi connectivity index (χ3v) is 6.45. The van der Waals surface area contributed by atoms with E-state index in [2.05, 4.69) is 4.90 Å². The molecule has 1 N–H and O–H groups in total. The van der Waals surface area contributed by atoms with Gasteiger partial charge in [0.05, 0.1) is 0 Å². The van der Waals surface area contributed by atoms with E-state index in [-0.39, 0.29) is 11.6 Å². The minimum absolute atomic E-state index is 0.0232. The summed E-state index contributed by atoms with van der Waals surface area (Å²) in [5.74, 6) is -0.314. The fraction of sp³-hybridized carbons (Fsp3) is 0.296. The summed E-state index contributed by atoms with van der Waals surface area (Å²) in [6, 6.07) is 21.5. The molecule has 1 unspecified atom stereocenters. The lowest BCUT2D eigenvalue weighted by atomic mass is 9.85. The first-order valence-electron chi connectivity index (χ1n) is 11.0. The molecule has 0 radical (unpaired) electrons. The van der Waals surface area contributed by atoms with Gasteiger partial charge in [0.1, 0.15) is 11.4 Å². The zero-order chi connectivity index (χ0) is 22.6. The smallest absolute Gasteiger partial charge is 0.162 e. The summed E-state index contributed by atoms with van der Waals surface area (Å²) in [4.78, 5) is 14.5. The summed E-state index contributed by atoms with van der Waals surface area (Å²) in [6.45, 7) is 2.21. The lowest BCUT2D eigenvalue weighted by Gasteiger charge is -2.39. The number of hydrogen-bond donors (Lipinski definition) is 1. The van der Waals surface area contributed by atoms with Gasteiger partial charge < -0.3 is 10.0 Å². The molecule has 0 bridgehead atoms. The van der Waals surface area contributed by atoms with E-state index in [1.165, 1.54) is 24.3 Å². The van der Waals surface area contributed by atoms with E-state index < -0.39 is 5.60 Å². The van der Waals surface area contributed by atoms with E-state index in [4.69, 9.17) is 11.6 Å². The first kappa shape index (κ1) is 22.7. The Labute approximate surface area is 193 Å². The number of hydrogen-bond acceptors (Lipinski definition) is 3. The number of Topliss-reactive ketones (excluding diaryl/α,β-unsaturated/α-hetero) is 1. The Kier molecular flexibility index (Phi) is 7.04. The molecule has 0 aromatic heterocycles. The van der Waals surface area contributed by atoms with Gasteiger partial charge in [-0.2, -0.15) is 0 Å². The average Bonchev–Trinajstić information content (AvgIpc) is 2.80. The summed E-state index contributed by atoms with van der Waals surface area (Å²) < 4.78 is 13.0. The average molecular weight is 452 g/mol. The number of β-amino-alcohol motifs (C(OH)–C–C–N with tert-alkyl or cyclic N) is 1. The molecule has 0 aliphatic carbocycles. The van der Waals surface area contributed by atoms with Crippen LogP contribution in [0.1, 0.15) is 41.6 Å². The summed E-state index contributed by atoms with van der Waals surface area (Å²) in [5.41, 5.74) is 2.74. The quantitative estimate of drug-likeness (QED) is 0.442. The molecule has 1 fully saturated rings. The summed E-state index contributed by atoms with van der Waals surface area (Å²) >= 11 is 5.98. The normalized spacial score (nSPS) is 19.1. The topological polar surface area (TPSA) is 40.5 Å². The Hall–Kier alpha value is -2.53. The molecule has 0 amide bonds. The molecule has 0 saturated carbocycles. The van der Waals surface area contributed by atoms with Crippen LogP contribution in [0.3, 0.4) is 0 Å². The number of halogens is 2. The van der Waals surface area contributed by atoms with Crippen molar-refractivity contribution in [3.05, 3.63) is 94.8 Å². The van der Waals surface area contributed by atoms with Gasteiger partial charge in [0, 0.05) is 23.6 Å². The lowest BCUT2D eigenvalue weighted by Crippen LogP contribution is -2.46. The van der Waals surface area contributed by atoms with Crippen molar-refractivity contribution in [1.29, 1.82) is 0 Å². The highest BCUT2D eigenvalue weighted by Crippen LogP contribution is 2.33. The number of nitrogens with zero attached hydrogens (tertiary/aromatic N) is 1. The molecular weight excluding hydrogens is 425 g/mol. The van der Waals surface area contributed by atoms with Gasteiger partial charge in [0.2, 0.25) is 0 Å². The van der Waals surface area contributed by atoms with Gasteiger partial charge in [-0.1, -0.05) is 48.0 Å². The Morgan fingerprint density at radius 2 is 1.59 bits per heavy atom. The first-order chi connectivity index (χ1) is 15.4. The van der Waals surface area contributed by atoms with Crippen molar-refractivity contribution in [1.82, 2.24) is 4.90 Å². The fourth-order valence-electron chi connectivity index (χ4n) is 4.41. The van der Waals surface area contributed by atoms with Gasteiger partial charge in [-0.15, -0.1) is 0 Å². The third-order valence-electron chi connectivity index (χ3n) is 6.19. The molecule has 4 rings (SSSR count). The molecule has 5 heteroatoms.